The lowest BCUT2D eigenvalue weighted by molar-refractivity contribution is -0.00921. The molecule has 1 N–H and O–H groups in total. The van der Waals surface area contributed by atoms with Crippen LogP contribution in [0.1, 0.15) is 18.6 Å². The Labute approximate surface area is 108 Å². The molecule has 1 aromatic carbocycles. The zero-order chi connectivity index (χ0) is 13.1. The maximum absolute atomic E-state index is 9.81. The topological polar surface area (TPSA) is 47.9 Å². The molecule has 4 heteroatoms. The van der Waals surface area contributed by atoms with Crippen LogP contribution < -0.4 is 0 Å². The van der Waals surface area contributed by atoms with Crippen LogP contribution in [0.25, 0.3) is 0 Å². The highest BCUT2D eigenvalue weighted by molar-refractivity contribution is 5.17. The van der Waals surface area contributed by atoms with Gasteiger partial charge in [0.05, 0.1) is 33.0 Å². The summed E-state index contributed by atoms with van der Waals surface area (Å²) >= 11 is 0. The molecule has 1 rings (SSSR count). The molecule has 0 amide bonds. The van der Waals surface area contributed by atoms with Crippen LogP contribution >= 0.6 is 0 Å². The first kappa shape index (κ1) is 15.1. The maximum Gasteiger partial charge on any atom is 0.102 e. The molecule has 0 aliphatic carbocycles. The van der Waals surface area contributed by atoms with Gasteiger partial charge >= 0.3 is 0 Å². The van der Waals surface area contributed by atoms with Crippen molar-refractivity contribution in [1.82, 2.24) is 0 Å². The van der Waals surface area contributed by atoms with Crippen LogP contribution in [0.2, 0.25) is 0 Å². The van der Waals surface area contributed by atoms with E-state index in [9.17, 15) is 5.11 Å². The third-order valence-electron chi connectivity index (χ3n) is 2.41. The smallest absolute Gasteiger partial charge is 0.102 e. The summed E-state index contributed by atoms with van der Waals surface area (Å²) in [4.78, 5) is 0. The molecule has 1 aromatic rings. The summed E-state index contributed by atoms with van der Waals surface area (Å²) in [6.07, 6.45) is -0.574. The third-order valence-corrected chi connectivity index (χ3v) is 2.41. The molecule has 0 saturated carbocycles. The van der Waals surface area contributed by atoms with Gasteiger partial charge in [-0.2, -0.15) is 0 Å². The Morgan fingerprint density at radius 1 is 0.944 bits per heavy atom. The molecule has 0 radical (unpaired) electrons. The quantitative estimate of drug-likeness (QED) is 0.647. The van der Waals surface area contributed by atoms with Crippen LogP contribution in [-0.2, 0) is 14.2 Å². The maximum atomic E-state index is 9.81. The van der Waals surface area contributed by atoms with Gasteiger partial charge in [0.1, 0.15) is 6.10 Å². The lowest BCUT2D eigenvalue weighted by Crippen LogP contribution is -2.13. The molecular weight excluding hydrogens is 232 g/mol. The highest BCUT2D eigenvalue weighted by atomic mass is 16.5. The van der Waals surface area contributed by atoms with Crippen LogP contribution in [0.3, 0.4) is 0 Å². The second-order valence-corrected chi connectivity index (χ2v) is 3.81. The Kier molecular flexibility index (Phi) is 8.42. The van der Waals surface area contributed by atoms with Gasteiger partial charge in [0, 0.05) is 6.61 Å². The Morgan fingerprint density at radius 3 is 2.22 bits per heavy atom. The molecule has 0 fully saturated rings. The predicted octanol–water partition coefficient (Wildman–Crippen LogP) is 1.79. The first-order valence-electron chi connectivity index (χ1n) is 6.30. The molecule has 0 saturated heterocycles. The number of aliphatic hydroxyl groups excluding tert-OH is 1. The molecule has 0 heterocycles. The zero-order valence-electron chi connectivity index (χ0n) is 10.9. The monoisotopic (exact) mass is 254 g/mol. The Bertz CT molecular complexity index is 289. The number of benzene rings is 1. The van der Waals surface area contributed by atoms with Crippen LogP contribution in [0.15, 0.2) is 30.3 Å². The predicted molar refractivity (Wildman–Crippen MR) is 69.5 cm³/mol. The molecule has 1 atom stereocenters. The molecular formula is C14H22O4. The van der Waals surface area contributed by atoms with E-state index in [1.54, 1.807) is 0 Å². The molecule has 0 aromatic heterocycles. The van der Waals surface area contributed by atoms with Gasteiger partial charge < -0.3 is 19.3 Å². The highest BCUT2D eigenvalue weighted by Crippen LogP contribution is 2.11. The molecule has 4 nitrogen and oxygen atoms in total. The normalized spacial score (nSPS) is 12.6. The summed E-state index contributed by atoms with van der Waals surface area (Å²) < 4.78 is 15.8. The van der Waals surface area contributed by atoms with E-state index in [-0.39, 0.29) is 0 Å². The largest absolute Gasteiger partial charge is 0.386 e. The summed E-state index contributed by atoms with van der Waals surface area (Å²) in [5.74, 6) is 0. The summed E-state index contributed by atoms with van der Waals surface area (Å²) in [7, 11) is 0. The molecule has 0 aliphatic heterocycles. The lowest BCUT2D eigenvalue weighted by Gasteiger charge is -2.11. The number of aliphatic hydroxyl groups is 1. The Hall–Kier alpha value is -0.940. The van der Waals surface area contributed by atoms with E-state index in [1.807, 2.05) is 37.3 Å². The van der Waals surface area contributed by atoms with E-state index in [4.69, 9.17) is 14.2 Å². The summed E-state index contributed by atoms with van der Waals surface area (Å²) in [6.45, 7) is 5.15. The molecule has 102 valence electrons. The van der Waals surface area contributed by atoms with Gasteiger partial charge in [0.15, 0.2) is 0 Å². The number of ether oxygens (including phenoxy) is 3. The van der Waals surface area contributed by atoms with E-state index in [1.165, 1.54) is 0 Å². The van der Waals surface area contributed by atoms with Crippen molar-refractivity contribution in [2.45, 2.75) is 13.0 Å². The second kappa shape index (κ2) is 10.0. The van der Waals surface area contributed by atoms with E-state index in [0.29, 0.717) is 39.6 Å². The molecule has 18 heavy (non-hydrogen) atoms. The van der Waals surface area contributed by atoms with Crippen molar-refractivity contribution in [2.75, 3.05) is 39.6 Å². The van der Waals surface area contributed by atoms with Crippen LogP contribution in [-0.4, -0.2) is 44.7 Å². The van der Waals surface area contributed by atoms with Gasteiger partial charge in [0.25, 0.3) is 0 Å². The second-order valence-electron chi connectivity index (χ2n) is 3.81. The SMILES string of the molecule is CCOCCOCCOCC(O)c1ccccc1. The standard InChI is InChI=1S/C14H22O4/c1-2-16-8-9-17-10-11-18-12-14(15)13-6-4-3-5-7-13/h3-7,14-15H,2,8-12H2,1H3. The van der Waals surface area contributed by atoms with Gasteiger partial charge in [-0.1, -0.05) is 30.3 Å². The molecule has 0 aliphatic rings. The summed E-state index contributed by atoms with van der Waals surface area (Å²) in [6, 6.07) is 9.48. The molecule has 1 unspecified atom stereocenters. The van der Waals surface area contributed by atoms with Gasteiger partial charge in [-0.3, -0.25) is 0 Å². The van der Waals surface area contributed by atoms with E-state index in [2.05, 4.69) is 0 Å². The van der Waals surface area contributed by atoms with Crippen molar-refractivity contribution < 1.29 is 19.3 Å². The third kappa shape index (κ3) is 6.71. The van der Waals surface area contributed by atoms with E-state index < -0.39 is 6.10 Å². The fraction of sp³-hybridized carbons (Fsp3) is 0.571. The van der Waals surface area contributed by atoms with Gasteiger partial charge in [-0.25, -0.2) is 0 Å². The fourth-order valence-corrected chi connectivity index (χ4v) is 1.45. The number of rotatable bonds is 10. The minimum Gasteiger partial charge on any atom is -0.386 e. The number of hydrogen-bond acceptors (Lipinski definition) is 4. The minimum absolute atomic E-state index is 0.291. The average Bonchev–Trinajstić information content (AvgIpc) is 2.42. The van der Waals surface area contributed by atoms with Crippen molar-refractivity contribution >= 4 is 0 Å². The lowest BCUT2D eigenvalue weighted by atomic mass is 10.1. The van der Waals surface area contributed by atoms with Crippen LogP contribution in [0, 0.1) is 0 Å². The zero-order valence-corrected chi connectivity index (χ0v) is 10.9. The minimum atomic E-state index is -0.574. The van der Waals surface area contributed by atoms with Crippen molar-refractivity contribution in [2.24, 2.45) is 0 Å². The average molecular weight is 254 g/mol. The first-order chi connectivity index (χ1) is 8.84. The summed E-state index contributed by atoms with van der Waals surface area (Å²) in [5.41, 5.74) is 0.870. The van der Waals surface area contributed by atoms with Gasteiger partial charge in [-0.05, 0) is 12.5 Å². The Balaban J connectivity index is 1.98. The number of hydrogen-bond donors (Lipinski definition) is 1. The van der Waals surface area contributed by atoms with Crippen molar-refractivity contribution in [3.8, 4) is 0 Å². The highest BCUT2D eigenvalue weighted by Gasteiger charge is 2.06. The molecule has 0 spiro atoms. The first-order valence-corrected chi connectivity index (χ1v) is 6.30. The van der Waals surface area contributed by atoms with E-state index in [0.717, 1.165) is 5.56 Å². The van der Waals surface area contributed by atoms with Crippen molar-refractivity contribution in [1.29, 1.82) is 0 Å². The van der Waals surface area contributed by atoms with Crippen molar-refractivity contribution in [3.63, 3.8) is 0 Å². The fourth-order valence-electron chi connectivity index (χ4n) is 1.45. The Morgan fingerprint density at radius 2 is 1.56 bits per heavy atom. The van der Waals surface area contributed by atoms with Crippen LogP contribution in [0.5, 0.6) is 0 Å². The van der Waals surface area contributed by atoms with Gasteiger partial charge in [0.2, 0.25) is 0 Å². The van der Waals surface area contributed by atoms with Gasteiger partial charge in [-0.15, -0.1) is 0 Å². The molecule has 0 bridgehead atoms. The van der Waals surface area contributed by atoms with Crippen molar-refractivity contribution in [3.05, 3.63) is 35.9 Å². The van der Waals surface area contributed by atoms with E-state index >= 15 is 0 Å². The summed E-state index contributed by atoms with van der Waals surface area (Å²) in [5, 5.41) is 9.81. The van der Waals surface area contributed by atoms with Crippen LogP contribution in [0.4, 0.5) is 0 Å².